The molecule has 0 saturated heterocycles. The Morgan fingerprint density at radius 2 is 1.54 bits per heavy atom. The molecule has 0 heterocycles. The second kappa shape index (κ2) is 7.79. The summed E-state index contributed by atoms with van der Waals surface area (Å²) in [6, 6.07) is 6.76. The van der Waals surface area contributed by atoms with Crippen molar-refractivity contribution in [2.45, 2.75) is 34.6 Å². The Hall–Kier alpha value is -1.88. The molecule has 1 aromatic rings. The number of nitrogens with zero attached hydrogens (tertiary/aromatic N) is 1. The topological polar surface area (TPSA) is 75.4 Å². The van der Waals surface area contributed by atoms with E-state index >= 15 is 0 Å². The van der Waals surface area contributed by atoms with Gasteiger partial charge in [0.25, 0.3) is 11.8 Å². The summed E-state index contributed by atoms with van der Waals surface area (Å²) in [6.07, 6.45) is 0. The van der Waals surface area contributed by atoms with Crippen LogP contribution in [0, 0.1) is 10.8 Å². The Morgan fingerprint density at radius 3 is 2.00 bits per heavy atom. The molecule has 134 valence electrons. The van der Waals surface area contributed by atoms with Crippen LogP contribution in [0.15, 0.2) is 24.3 Å². The zero-order valence-corrected chi connectivity index (χ0v) is 15.8. The van der Waals surface area contributed by atoms with Gasteiger partial charge in [-0.3, -0.25) is 9.59 Å². The average molecular weight is 333 g/mol. The quantitative estimate of drug-likeness (QED) is 0.840. The fourth-order valence-corrected chi connectivity index (χ4v) is 2.21. The molecule has 0 unspecified atom stereocenters. The maximum absolute atomic E-state index is 12.5. The van der Waals surface area contributed by atoms with E-state index in [0.717, 1.165) is 0 Å². The van der Waals surface area contributed by atoms with Crippen LogP contribution in [0.25, 0.3) is 0 Å². The van der Waals surface area contributed by atoms with E-state index in [4.69, 9.17) is 5.73 Å². The number of benzene rings is 1. The molecule has 0 fully saturated rings. The molecular weight excluding hydrogens is 302 g/mol. The van der Waals surface area contributed by atoms with Gasteiger partial charge in [0.15, 0.2) is 0 Å². The summed E-state index contributed by atoms with van der Waals surface area (Å²) in [4.78, 5) is 26.2. The normalized spacial score (nSPS) is 12.0. The summed E-state index contributed by atoms with van der Waals surface area (Å²) in [5.41, 5.74) is 6.75. The van der Waals surface area contributed by atoms with Crippen LogP contribution in [0.5, 0.6) is 0 Å². The standard InChI is InChI=1S/C19H31N3O2/c1-18(2,3)12-21-16(23)14-7-9-15(10-8-14)17(24)22(6)13-19(4,5)11-20/h7-10H,11-13,20H2,1-6H3,(H,21,23). The summed E-state index contributed by atoms with van der Waals surface area (Å²) in [5.74, 6) is -0.195. The first-order chi connectivity index (χ1) is 10.9. The van der Waals surface area contributed by atoms with E-state index in [1.807, 2.05) is 13.8 Å². The highest BCUT2D eigenvalue weighted by atomic mass is 16.2. The Bertz CT molecular complexity index is 571. The fraction of sp³-hybridized carbons (Fsp3) is 0.579. The molecule has 2 amide bonds. The van der Waals surface area contributed by atoms with E-state index in [-0.39, 0.29) is 22.6 Å². The Morgan fingerprint density at radius 1 is 1.04 bits per heavy atom. The molecule has 3 N–H and O–H groups in total. The van der Waals surface area contributed by atoms with Crippen LogP contribution in [0.3, 0.4) is 0 Å². The third kappa shape index (κ3) is 6.32. The monoisotopic (exact) mass is 333 g/mol. The lowest BCUT2D eigenvalue weighted by atomic mass is 9.93. The van der Waals surface area contributed by atoms with Gasteiger partial charge in [0, 0.05) is 31.3 Å². The zero-order valence-electron chi connectivity index (χ0n) is 15.8. The molecule has 0 radical (unpaired) electrons. The van der Waals surface area contributed by atoms with E-state index in [1.54, 1.807) is 36.2 Å². The molecule has 0 saturated carbocycles. The van der Waals surface area contributed by atoms with Crippen LogP contribution < -0.4 is 11.1 Å². The first-order valence-corrected chi connectivity index (χ1v) is 8.29. The van der Waals surface area contributed by atoms with Crippen molar-refractivity contribution in [1.29, 1.82) is 0 Å². The van der Waals surface area contributed by atoms with E-state index in [1.165, 1.54) is 0 Å². The molecule has 1 aromatic carbocycles. The summed E-state index contributed by atoms with van der Waals surface area (Å²) >= 11 is 0. The van der Waals surface area contributed by atoms with Crippen molar-refractivity contribution in [3.8, 4) is 0 Å². The molecule has 0 atom stereocenters. The first-order valence-electron chi connectivity index (χ1n) is 8.29. The number of hydrogen-bond acceptors (Lipinski definition) is 3. The Labute approximate surface area is 145 Å². The lowest BCUT2D eigenvalue weighted by molar-refractivity contribution is 0.0740. The second-order valence-corrected chi connectivity index (χ2v) is 8.35. The van der Waals surface area contributed by atoms with Crippen LogP contribution >= 0.6 is 0 Å². The molecule has 0 aliphatic rings. The van der Waals surface area contributed by atoms with Gasteiger partial charge in [0.1, 0.15) is 0 Å². The van der Waals surface area contributed by atoms with Gasteiger partial charge < -0.3 is 16.0 Å². The van der Waals surface area contributed by atoms with Crippen molar-refractivity contribution in [2.75, 3.05) is 26.7 Å². The van der Waals surface area contributed by atoms with E-state index in [2.05, 4.69) is 26.1 Å². The van der Waals surface area contributed by atoms with Gasteiger partial charge in [-0.2, -0.15) is 0 Å². The van der Waals surface area contributed by atoms with Crippen LogP contribution in [0.1, 0.15) is 55.3 Å². The van der Waals surface area contributed by atoms with Gasteiger partial charge in [-0.15, -0.1) is 0 Å². The lowest BCUT2D eigenvalue weighted by Gasteiger charge is -2.29. The maximum atomic E-state index is 12.5. The first kappa shape index (κ1) is 20.2. The zero-order chi connectivity index (χ0) is 18.5. The summed E-state index contributed by atoms with van der Waals surface area (Å²) in [7, 11) is 1.77. The van der Waals surface area contributed by atoms with Crippen LogP contribution in [0.2, 0.25) is 0 Å². The van der Waals surface area contributed by atoms with Crippen molar-refractivity contribution in [1.82, 2.24) is 10.2 Å². The molecule has 24 heavy (non-hydrogen) atoms. The Kier molecular flexibility index (Phi) is 6.55. The largest absolute Gasteiger partial charge is 0.352 e. The number of nitrogens with two attached hydrogens (primary N) is 1. The predicted molar refractivity (Wildman–Crippen MR) is 98.0 cm³/mol. The molecular formula is C19H31N3O2. The van der Waals surface area contributed by atoms with E-state index in [9.17, 15) is 9.59 Å². The van der Waals surface area contributed by atoms with E-state index < -0.39 is 0 Å². The molecule has 5 heteroatoms. The summed E-state index contributed by atoms with van der Waals surface area (Å²) in [5, 5.41) is 2.90. The Balaban J connectivity index is 2.73. The third-order valence-corrected chi connectivity index (χ3v) is 3.74. The number of nitrogens with one attached hydrogen (secondary N) is 1. The van der Waals surface area contributed by atoms with Gasteiger partial charge >= 0.3 is 0 Å². The number of amides is 2. The van der Waals surface area contributed by atoms with Gasteiger partial charge in [-0.1, -0.05) is 34.6 Å². The molecule has 0 bridgehead atoms. The van der Waals surface area contributed by atoms with Crippen molar-refractivity contribution in [3.05, 3.63) is 35.4 Å². The number of hydrogen-bond donors (Lipinski definition) is 2. The van der Waals surface area contributed by atoms with Crippen molar-refractivity contribution in [2.24, 2.45) is 16.6 Å². The van der Waals surface area contributed by atoms with Gasteiger partial charge in [0.05, 0.1) is 0 Å². The SMILES string of the molecule is CN(CC(C)(C)CN)C(=O)c1ccc(C(=O)NCC(C)(C)C)cc1. The van der Waals surface area contributed by atoms with Crippen LogP contribution in [-0.2, 0) is 0 Å². The second-order valence-electron chi connectivity index (χ2n) is 8.35. The van der Waals surface area contributed by atoms with E-state index in [0.29, 0.717) is 30.8 Å². The molecule has 5 nitrogen and oxygen atoms in total. The smallest absolute Gasteiger partial charge is 0.253 e. The lowest BCUT2D eigenvalue weighted by Crippen LogP contribution is -2.39. The molecule has 0 aromatic heterocycles. The number of carbonyl (C=O) groups is 2. The number of carbonyl (C=O) groups excluding carboxylic acids is 2. The fourth-order valence-electron chi connectivity index (χ4n) is 2.21. The average Bonchev–Trinajstić information content (AvgIpc) is 2.51. The van der Waals surface area contributed by atoms with Gasteiger partial charge in [-0.25, -0.2) is 0 Å². The highest BCUT2D eigenvalue weighted by Crippen LogP contribution is 2.16. The highest BCUT2D eigenvalue weighted by Gasteiger charge is 2.22. The molecule has 0 aliphatic heterocycles. The maximum Gasteiger partial charge on any atom is 0.253 e. The summed E-state index contributed by atoms with van der Waals surface area (Å²) in [6.45, 7) is 11.9. The van der Waals surface area contributed by atoms with Crippen molar-refractivity contribution in [3.63, 3.8) is 0 Å². The molecule has 0 spiro atoms. The van der Waals surface area contributed by atoms with Gasteiger partial charge in [-0.05, 0) is 41.6 Å². The summed E-state index contributed by atoms with van der Waals surface area (Å²) < 4.78 is 0. The highest BCUT2D eigenvalue weighted by molar-refractivity contribution is 5.97. The van der Waals surface area contributed by atoms with Gasteiger partial charge in [0.2, 0.25) is 0 Å². The number of rotatable bonds is 6. The van der Waals surface area contributed by atoms with Crippen LogP contribution in [0.4, 0.5) is 0 Å². The third-order valence-electron chi connectivity index (χ3n) is 3.74. The van der Waals surface area contributed by atoms with Crippen molar-refractivity contribution >= 4 is 11.8 Å². The molecule has 1 rings (SSSR count). The minimum Gasteiger partial charge on any atom is -0.352 e. The van der Waals surface area contributed by atoms with Crippen molar-refractivity contribution < 1.29 is 9.59 Å². The molecule has 0 aliphatic carbocycles. The van der Waals surface area contributed by atoms with Crippen LogP contribution in [-0.4, -0.2) is 43.4 Å². The minimum absolute atomic E-state index is 0.0318. The predicted octanol–water partition coefficient (Wildman–Crippen LogP) is 2.52. The minimum atomic E-state index is -0.128.